The summed E-state index contributed by atoms with van der Waals surface area (Å²) in [5.41, 5.74) is 11.0. The minimum atomic E-state index is -4.08. The minimum absolute atomic E-state index is 0.0152. The molecule has 0 amide bonds. The second-order valence-electron chi connectivity index (χ2n) is 14.4. The second-order valence-corrected chi connectivity index (χ2v) is 15.8. The Morgan fingerprint density at radius 2 is 1.80 bits per heavy atom. The average Bonchev–Trinajstić information content (AvgIpc) is 3.60. The van der Waals surface area contributed by atoms with E-state index in [-0.39, 0.29) is 22.5 Å². The van der Waals surface area contributed by atoms with E-state index < -0.39 is 26.9 Å². The number of nitrogens with two attached hydrogens (primary N) is 1. The maximum atomic E-state index is 11.9. The van der Waals surface area contributed by atoms with Crippen molar-refractivity contribution in [2.75, 3.05) is 12.9 Å². The molecular formula is C36H44N4O5S. The molecule has 1 aliphatic heterocycles. The lowest BCUT2D eigenvalue weighted by Crippen LogP contribution is -2.43. The first kappa shape index (κ1) is 32.5. The van der Waals surface area contributed by atoms with Gasteiger partial charge in [-0.1, -0.05) is 31.9 Å². The first-order chi connectivity index (χ1) is 21.7. The van der Waals surface area contributed by atoms with E-state index in [1.807, 2.05) is 41.0 Å². The largest absolute Gasteiger partial charge is 0.382 e. The molecule has 3 atom stereocenters. The smallest absolute Gasteiger partial charge is 0.265 e. The van der Waals surface area contributed by atoms with Crippen LogP contribution >= 0.6 is 0 Å². The van der Waals surface area contributed by atoms with Crippen molar-refractivity contribution in [2.24, 2.45) is 37.9 Å². The van der Waals surface area contributed by atoms with Crippen LogP contribution in [0.25, 0.3) is 11.1 Å². The van der Waals surface area contributed by atoms with E-state index in [0.717, 1.165) is 60.9 Å². The van der Waals surface area contributed by atoms with Gasteiger partial charge in [0.1, 0.15) is 11.6 Å². The number of pyridine rings is 1. The Morgan fingerprint density at radius 1 is 1.07 bits per heavy atom. The summed E-state index contributed by atoms with van der Waals surface area (Å²) in [6.45, 7) is 7.70. The highest BCUT2D eigenvalue weighted by Crippen LogP contribution is 2.64. The lowest BCUT2D eigenvalue weighted by atomic mass is 9.65. The average molecular weight is 645 g/mol. The van der Waals surface area contributed by atoms with Crippen LogP contribution in [0.3, 0.4) is 0 Å². The first-order valence-corrected chi connectivity index (χ1v) is 17.8. The SMILES string of the molecule is CC#Cc1cncc(-c2ccc3c(c2)[C@@]2(N=C(C)C(N)=N2)C2(CCC(OC)CC2)C3)c1.CC1(C)[C@@H]2CC[C@@]1(CS(=O)(=O)O)C(=O)C2. The number of fused-ring (bicyclic) bond motifs is 5. The van der Waals surface area contributed by atoms with Crippen LogP contribution in [-0.4, -0.2) is 54.3 Å². The van der Waals surface area contributed by atoms with Crippen LogP contribution in [0.5, 0.6) is 0 Å². The van der Waals surface area contributed by atoms with Crippen molar-refractivity contribution in [3.05, 3.63) is 53.3 Å². The zero-order valence-corrected chi connectivity index (χ0v) is 28.2. The maximum Gasteiger partial charge on any atom is 0.265 e. The fraction of sp³-hybridized carbons (Fsp3) is 0.556. The third-order valence-corrected chi connectivity index (χ3v) is 12.7. The molecule has 1 aromatic carbocycles. The van der Waals surface area contributed by atoms with Gasteiger partial charge in [0.2, 0.25) is 0 Å². The molecule has 0 unspecified atom stereocenters. The summed E-state index contributed by atoms with van der Waals surface area (Å²) in [7, 11) is -2.26. The molecular weight excluding hydrogens is 600 g/mol. The van der Waals surface area contributed by atoms with Gasteiger partial charge in [-0.25, -0.2) is 4.99 Å². The Labute approximate surface area is 272 Å². The molecule has 7 rings (SSSR count). The summed E-state index contributed by atoms with van der Waals surface area (Å²) >= 11 is 0. The number of ketones is 1. The lowest BCUT2D eigenvalue weighted by molar-refractivity contribution is -0.128. The number of methoxy groups -OCH3 is 1. The Bertz CT molecular complexity index is 1790. The molecule has 10 heteroatoms. The van der Waals surface area contributed by atoms with E-state index in [0.29, 0.717) is 24.8 Å². The third-order valence-electron chi connectivity index (χ3n) is 11.9. The van der Waals surface area contributed by atoms with Crippen molar-refractivity contribution >= 4 is 27.4 Å². The molecule has 2 heterocycles. The Balaban J connectivity index is 0.000000208. The third kappa shape index (κ3) is 5.11. The topological polar surface area (TPSA) is 144 Å². The van der Waals surface area contributed by atoms with Gasteiger partial charge in [0.15, 0.2) is 5.66 Å². The normalized spacial score (nSPS) is 29.9. The van der Waals surface area contributed by atoms with Crippen LogP contribution in [0.4, 0.5) is 0 Å². The number of hydrogen-bond donors (Lipinski definition) is 2. The number of aliphatic imine (C=N–C) groups is 2. The van der Waals surface area contributed by atoms with Crippen molar-refractivity contribution in [1.29, 1.82) is 0 Å². The number of amidine groups is 1. The van der Waals surface area contributed by atoms with Crippen LogP contribution < -0.4 is 5.73 Å². The number of aromatic nitrogens is 1. The quantitative estimate of drug-likeness (QED) is 0.330. The number of nitrogens with zero attached hydrogens (tertiary/aromatic N) is 3. The van der Waals surface area contributed by atoms with Gasteiger partial charge in [-0.3, -0.25) is 19.3 Å². The fourth-order valence-electron chi connectivity index (χ4n) is 9.08. The molecule has 244 valence electrons. The number of hydrogen-bond acceptors (Lipinski definition) is 8. The molecule has 46 heavy (non-hydrogen) atoms. The zero-order valence-electron chi connectivity index (χ0n) is 27.4. The van der Waals surface area contributed by atoms with E-state index in [1.165, 1.54) is 11.1 Å². The predicted octanol–water partition coefficient (Wildman–Crippen LogP) is 5.51. The molecule has 1 aromatic heterocycles. The van der Waals surface area contributed by atoms with Gasteiger partial charge < -0.3 is 10.5 Å². The van der Waals surface area contributed by atoms with Crippen LogP contribution in [0.2, 0.25) is 0 Å². The van der Waals surface area contributed by atoms with Gasteiger partial charge >= 0.3 is 0 Å². The van der Waals surface area contributed by atoms with Crippen molar-refractivity contribution in [3.8, 4) is 23.0 Å². The Morgan fingerprint density at radius 3 is 2.37 bits per heavy atom. The standard InChI is InChI=1S/C26H28N4O.C10H16O4S/c1-4-5-18-12-21(16-28-15-18)19-6-7-20-14-25(10-8-22(31-3)9-11-25)26(23(20)13-19)29-17(2)24(27)30-26;1-9(2)7-3-4-10(9,8(11)5-7)6-15(12,13)14/h6-7,12-13,15-16,22H,8-11,14H2,1-3H3,(H2,27,30);7H,3-6H2,1-2H3,(H,12,13,14)/t22?,25?,26-;7-,10-/m01/s1. The van der Waals surface area contributed by atoms with Gasteiger partial charge in [-0.15, -0.1) is 5.92 Å². The summed E-state index contributed by atoms with van der Waals surface area (Å²) in [5, 5.41) is 0. The van der Waals surface area contributed by atoms with Crippen molar-refractivity contribution in [2.45, 2.75) is 90.8 Å². The molecule has 3 saturated carbocycles. The summed E-state index contributed by atoms with van der Waals surface area (Å²) in [6, 6.07) is 8.78. The number of benzene rings is 1. The molecule has 3 N–H and O–H groups in total. The Kier molecular flexibility index (Phi) is 8.06. The lowest BCUT2D eigenvalue weighted by Gasteiger charge is -2.44. The van der Waals surface area contributed by atoms with Gasteiger partial charge in [-0.05, 0) is 93.4 Å². The number of ether oxygens (including phenoxy) is 1. The van der Waals surface area contributed by atoms with E-state index in [4.69, 9.17) is 25.0 Å². The van der Waals surface area contributed by atoms with Gasteiger partial charge in [0.05, 0.1) is 23.0 Å². The maximum absolute atomic E-state index is 11.9. The molecule has 2 bridgehead atoms. The monoisotopic (exact) mass is 644 g/mol. The predicted molar refractivity (Wildman–Crippen MR) is 179 cm³/mol. The van der Waals surface area contributed by atoms with Crippen LogP contribution in [0.15, 0.2) is 46.6 Å². The van der Waals surface area contributed by atoms with E-state index in [2.05, 4.69) is 41.1 Å². The summed E-state index contributed by atoms with van der Waals surface area (Å²) in [6.07, 6.45) is 11.1. The van der Waals surface area contributed by atoms with E-state index in [1.54, 1.807) is 6.20 Å². The molecule has 0 radical (unpaired) electrons. The number of carbonyl (C=O) groups excluding carboxylic acids is 1. The highest BCUT2D eigenvalue weighted by Gasteiger charge is 2.65. The highest BCUT2D eigenvalue weighted by atomic mass is 32.2. The Hall–Kier alpha value is -3.39. The van der Waals surface area contributed by atoms with Crippen molar-refractivity contribution in [3.63, 3.8) is 0 Å². The molecule has 2 aromatic rings. The molecule has 0 saturated heterocycles. The fourth-order valence-corrected chi connectivity index (χ4v) is 10.4. The molecule has 9 nitrogen and oxygen atoms in total. The summed E-state index contributed by atoms with van der Waals surface area (Å²) < 4.78 is 36.6. The van der Waals surface area contributed by atoms with Gasteiger partial charge in [0, 0.05) is 48.0 Å². The van der Waals surface area contributed by atoms with Crippen molar-refractivity contribution in [1.82, 2.24) is 4.98 Å². The highest BCUT2D eigenvalue weighted by molar-refractivity contribution is 7.85. The summed E-state index contributed by atoms with van der Waals surface area (Å²) in [4.78, 5) is 26.5. The van der Waals surface area contributed by atoms with Crippen LogP contribution in [0.1, 0.15) is 89.3 Å². The van der Waals surface area contributed by atoms with Gasteiger partial charge in [0.25, 0.3) is 10.1 Å². The second kappa shape index (κ2) is 11.4. The number of Topliss-reactive ketones (excluding diaryl/α,β-unsaturated/α-hetero) is 1. The van der Waals surface area contributed by atoms with E-state index in [9.17, 15) is 13.2 Å². The molecule has 4 aliphatic carbocycles. The first-order valence-electron chi connectivity index (χ1n) is 16.1. The van der Waals surface area contributed by atoms with Gasteiger partial charge in [-0.2, -0.15) is 8.42 Å². The van der Waals surface area contributed by atoms with Crippen LogP contribution in [0, 0.1) is 34.0 Å². The zero-order chi connectivity index (χ0) is 33.1. The molecule has 2 spiro atoms. The van der Waals surface area contributed by atoms with Crippen LogP contribution in [-0.2, 0) is 31.7 Å². The molecule has 3 fully saturated rings. The summed E-state index contributed by atoms with van der Waals surface area (Å²) in [5.74, 6) is 6.52. The minimum Gasteiger partial charge on any atom is -0.382 e. The van der Waals surface area contributed by atoms with E-state index >= 15 is 0 Å². The molecule has 5 aliphatic rings. The number of rotatable bonds is 4. The number of carbonyl (C=O) groups is 1. The van der Waals surface area contributed by atoms with Crippen molar-refractivity contribution < 1.29 is 22.5 Å².